The van der Waals surface area contributed by atoms with Gasteiger partial charge in [0, 0.05) is 12.1 Å². The average molecular weight is 225 g/mol. The van der Waals surface area contributed by atoms with E-state index in [2.05, 4.69) is 0 Å². The molecular formula is C12H19NO3. The molecule has 0 heterocycles. The van der Waals surface area contributed by atoms with Crippen molar-refractivity contribution in [3.8, 4) is 5.75 Å². The smallest absolute Gasteiger partial charge is 0.123 e. The van der Waals surface area contributed by atoms with Crippen LogP contribution in [0.1, 0.15) is 11.1 Å². The summed E-state index contributed by atoms with van der Waals surface area (Å²) in [6.45, 7) is 3.82. The first-order chi connectivity index (χ1) is 7.77. The Morgan fingerprint density at radius 3 is 2.75 bits per heavy atom. The fourth-order valence-corrected chi connectivity index (χ4v) is 1.39. The Labute approximate surface area is 96.0 Å². The predicted octanol–water partition coefficient (Wildman–Crippen LogP) is 0.841. The summed E-state index contributed by atoms with van der Waals surface area (Å²) in [7, 11) is 0. The standard InChI is InChI=1S/C12H19NO3/c1-10-2-3-12(11(8-10)9-13)16-7-6-15-5-4-14/h2-3,8,14H,4-7,9,13H2,1H3. The van der Waals surface area contributed by atoms with E-state index in [-0.39, 0.29) is 6.61 Å². The molecule has 1 rings (SSSR count). The lowest BCUT2D eigenvalue weighted by molar-refractivity contribution is 0.0703. The number of benzene rings is 1. The molecule has 0 spiro atoms. The van der Waals surface area contributed by atoms with Crippen molar-refractivity contribution in [3.05, 3.63) is 29.3 Å². The quantitative estimate of drug-likeness (QED) is 0.675. The fraction of sp³-hybridized carbons (Fsp3) is 0.500. The van der Waals surface area contributed by atoms with E-state index in [0.29, 0.717) is 26.4 Å². The molecule has 16 heavy (non-hydrogen) atoms. The average Bonchev–Trinajstić information content (AvgIpc) is 2.30. The number of rotatable bonds is 7. The van der Waals surface area contributed by atoms with Gasteiger partial charge in [-0.05, 0) is 13.0 Å². The lowest BCUT2D eigenvalue weighted by atomic mass is 10.1. The number of hydrogen-bond acceptors (Lipinski definition) is 4. The minimum atomic E-state index is 0.0403. The first-order valence-corrected chi connectivity index (χ1v) is 5.39. The van der Waals surface area contributed by atoms with Gasteiger partial charge in [-0.3, -0.25) is 0 Å². The summed E-state index contributed by atoms with van der Waals surface area (Å²) in [4.78, 5) is 0. The summed E-state index contributed by atoms with van der Waals surface area (Å²) >= 11 is 0. The van der Waals surface area contributed by atoms with E-state index in [0.717, 1.165) is 11.3 Å². The maximum atomic E-state index is 8.51. The molecule has 3 N–H and O–H groups in total. The Hall–Kier alpha value is -1.10. The van der Waals surface area contributed by atoms with Crippen LogP contribution in [0, 0.1) is 6.92 Å². The number of hydrogen-bond donors (Lipinski definition) is 2. The molecule has 4 heteroatoms. The number of aliphatic hydroxyl groups excluding tert-OH is 1. The van der Waals surface area contributed by atoms with Crippen molar-refractivity contribution in [1.82, 2.24) is 0 Å². The highest BCUT2D eigenvalue weighted by atomic mass is 16.5. The van der Waals surface area contributed by atoms with Crippen LogP contribution >= 0.6 is 0 Å². The van der Waals surface area contributed by atoms with Crippen LogP contribution in [0.5, 0.6) is 5.75 Å². The van der Waals surface area contributed by atoms with Crippen molar-refractivity contribution in [2.45, 2.75) is 13.5 Å². The van der Waals surface area contributed by atoms with E-state index in [9.17, 15) is 0 Å². The molecule has 0 saturated heterocycles. The van der Waals surface area contributed by atoms with E-state index in [1.165, 1.54) is 5.56 Å². The highest BCUT2D eigenvalue weighted by Gasteiger charge is 2.02. The molecule has 90 valence electrons. The van der Waals surface area contributed by atoms with Gasteiger partial charge in [-0.1, -0.05) is 17.7 Å². The van der Waals surface area contributed by atoms with E-state index < -0.39 is 0 Å². The third-order valence-corrected chi connectivity index (χ3v) is 2.16. The molecule has 0 radical (unpaired) electrons. The van der Waals surface area contributed by atoms with Crippen LogP contribution < -0.4 is 10.5 Å². The molecular weight excluding hydrogens is 206 g/mol. The molecule has 0 aliphatic heterocycles. The molecule has 1 aromatic rings. The van der Waals surface area contributed by atoms with Crippen LogP contribution in [0.2, 0.25) is 0 Å². The number of aliphatic hydroxyl groups is 1. The Morgan fingerprint density at radius 1 is 1.25 bits per heavy atom. The molecule has 0 unspecified atom stereocenters. The van der Waals surface area contributed by atoms with E-state index in [1.807, 2.05) is 25.1 Å². The molecule has 0 atom stereocenters. The molecule has 0 aliphatic rings. The summed E-state index contributed by atoms with van der Waals surface area (Å²) < 4.78 is 10.6. The zero-order chi connectivity index (χ0) is 11.8. The van der Waals surface area contributed by atoms with E-state index in [1.54, 1.807) is 0 Å². The molecule has 0 fully saturated rings. The van der Waals surface area contributed by atoms with Crippen LogP contribution in [0.25, 0.3) is 0 Å². The first kappa shape index (κ1) is 13.0. The SMILES string of the molecule is Cc1ccc(OCCOCCO)c(CN)c1. The zero-order valence-corrected chi connectivity index (χ0v) is 9.61. The summed E-state index contributed by atoms with van der Waals surface area (Å²) in [5.74, 6) is 0.806. The van der Waals surface area contributed by atoms with Crippen molar-refractivity contribution in [2.24, 2.45) is 5.73 Å². The van der Waals surface area contributed by atoms with Crippen LogP contribution in [0.4, 0.5) is 0 Å². The Balaban J connectivity index is 2.41. The molecule has 4 nitrogen and oxygen atoms in total. The third-order valence-electron chi connectivity index (χ3n) is 2.16. The van der Waals surface area contributed by atoms with Crippen LogP contribution in [0.3, 0.4) is 0 Å². The largest absolute Gasteiger partial charge is 0.491 e. The van der Waals surface area contributed by atoms with Crippen molar-refractivity contribution >= 4 is 0 Å². The van der Waals surface area contributed by atoms with Crippen LogP contribution in [-0.4, -0.2) is 31.5 Å². The van der Waals surface area contributed by atoms with Crippen molar-refractivity contribution in [1.29, 1.82) is 0 Å². The summed E-state index contributed by atoms with van der Waals surface area (Å²) in [6, 6.07) is 5.93. The topological polar surface area (TPSA) is 64.7 Å². The maximum Gasteiger partial charge on any atom is 0.123 e. The van der Waals surface area contributed by atoms with Gasteiger partial charge in [0.2, 0.25) is 0 Å². The summed E-state index contributed by atoms with van der Waals surface area (Å²) in [6.07, 6.45) is 0. The molecule has 1 aromatic carbocycles. The normalized spacial score (nSPS) is 10.4. The number of ether oxygens (including phenoxy) is 2. The second-order valence-corrected chi connectivity index (χ2v) is 3.50. The van der Waals surface area contributed by atoms with E-state index in [4.69, 9.17) is 20.3 Å². The molecule has 0 aliphatic carbocycles. The van der Waals surface area contributed by atoms with Gasteiger partial charge < -0.3 is 20.3 Å². The van der Waals surface area contributed by atoms with Gasteiger partial charge in [0.1, 0.15) is 12.4 Å². The highest BCUT2D eigenvalue weighted by molar-refractivity contribution is 5.36. The van der Waals surface area contributed by atoms with Crippen molar-refractivity contribution in [3.63, 3.8) is 0 Å². The summed E-state index contributed by atoms with van der Waals surface area (Å²) in [5.41, 5.74) is 7.80. The first-order valence-electron chi connectivity index (χ1n) is 5.39. The highest BCUT2D eigenvalue weighted by Crippen LogP contribution is 2.19. The summed E-state index contributed by atoms with van der Waals surface area (Å²) in [5, 5.41) is 8.51. The van der Waals surface area contributed by atoms with Gasteiger partial charge in [-0.25, -0.2) is 0 Å². The monoisotopic (exact) mass is 225 g/mol. The van der Waals surface area contributed by atoms with Crippen LogP contribution in [0.15, 0.2) is 18.2 Å². The van der Waals surface area contributed by atoms with Gasteiger partial charge in [0.25, 0.3) is 0 Å². The second kappa shape index (κ2) is 7.22. The van der Waals surface area contributed by atoms with E-state index >= 15 is 0 Å². The Morgan fingerprint density at radius 2 is 2.06 bits per heavy atom. The zero-order valence-electron chi connectivity index (χ0n) is 9.61. The number of nitrogens with two attached hydrogens (primary N) is 1. The predicted molar refractivity (Wildman–Crippen MR) is 62.5 cm³/mol. The van der Waals surface area contributed by atoms with Gasteiger partial charge >= 0.3 is 0 Å². The Bertz CT molecular complexity index is 315. The molecule has 0 amide bonds. The lowest BCUT2D eigenvalue weighted by Crippen LogP contribution is -2.10. The Kier molecular flexibility index (Phi) is 5.85. The maximum absolute atomic E-state index is 8.51. The van der Waals surface area contributed by atoms with Crippen molar-refractivity contribution < 1.29 is 14.6 Å². The lowest BCUT2D eigenvalue weighted by Gasteiger charge is -2.11. The second-order valence-electron chi connectivity index (χ2n) is 3.50. The third kappa shape index (κ3) is 4.18. The molecule has 0 bridgehead atoms. The molecule has 0 aromatic heterocycles. The van der Waals surface area contributed by atoms with Gasteiger partial charge in [0.15, 0.2) is 0 Å². The minimum absolute atomic E-state index is 0.0403. The molecule has 0 saturated carbocycles. The van der Waals surface area contributed by atoms with Gasteiger partial charge in [-0.2, -0.15) is 0 Å². The van der Waals surface area contributed by atoms with Gasteiger partial charge in [-0.15, -0.1) is 0 Å². The number of aryl methyl sites for hydroxylation is 1. The fourth-order valence-electron chi connectivity index (χ4n) is 1.39. The van der Waals surface area contributed by atoms with Crippen molar-refractivity contribution in [2.75, 3.05) is 26.4 Å². The minimum Gasteiger partial charge on any atom is -0.491 e. The van der Waals surface area contributed by atoms with Gasteiger partial charge in [0.05, 0.1) is 19.8 Å². The van der Waals surface area contributed by atoms with Crippen LogP contribution in [-0.2, 0) is 11.3 Å².